The molecule has 0 aromatic carbocycles. The van der Waals surface area contributed by atoms with Crippen LogP contribution in [0, 0.1) is 5.92 Å². The molecule has 1 aliphatic rings. The van der Waals surface area contributed by atoms with E-state index in [0.717, 1.165) is 5.92 Å². The van der Waals surface area contributed by atoms with Crippen LogP contribution in [0.3, 0.4) is 0 Å². The molecule has 4 nitrogen and oxygen atoms in total. The minimum Gasteiger partial charge on any atom is -0.465 e. The Kier molecular flexibility index (Phi) is 7.14. The summed E-state index contributed by atoms with van der Waals surface area (Å²) in [6.07, 6.45) is 5.10. The number of likely N-dealkylation sites (N-methyl/N-ethyl adjacent to an activating group) is 1. The summed E-state index contributed by atoms with van der Waals surface area (Å²) < 4.78 is 5.29. The second kappa shape index (κ2) is 8.14. The summed E-state index contributed by atoms with van der Waals surface area (Å²) in [5.74, 6) is 0.646. The summed E-state index contributed by atoms with van der Waals surface area (Å²) in [7, 11) is 2.14. The first kappa shape index (κ1) is 18.4. The molecule has 0 heterocycles. The highest BCUT2D eigenvalue weighted by atomic mass is 16.5. The zero-order valence-corrected chi connectivity index (χ0v) is 14.7. The van der Waals surface area contributed by atoms with Gasteiger partial charge in [-0.3, -0.25) is 10.1 Å². The number of esters is 1. The van der Waals surface area contributed by atoms with E-state index >= 15 is 0 Å². The fourth-order valence-electron chi connectivity index (χ4n) is 3.53. The van der Waals surface area contributed by atoms with Crippen molar-refractivity contribution in [3.8, 4) is 0 Å². The fourth-order valence-corrected chi connectivity index (χ4v) is 3.53. The molecular formula is C17H34N2O2. The number of carbonyl (C=O) groups is 1. The van der Waals surface area contributed by atoms with Crippen LogP contribution in [0.1, 0.15) is 60.3 Å². The molecular weight excluding hydrogens is 264 g/mol. The van der Waals surface area contributed by atoms with E-state index in [1.54, 1.807) is 0 Å². The molecule has 0 bridgehead atoms. The monoisotopic (exact) mass is 298 g/mol. The lowest BCUT2D eigenvalue weighted by atomic mass is 9.85. The quantitative estimate of drug-likeness (QED) is 0.734. The Balaban J connectivity index is 2.72. The zero-order valence-electron chi connectivity index (χ0n) is 14.7. The maximum Gasteiger partial charge on any atom is 0.327 e. The number of ether oxygens (including phenoxy) is 1. The minimum absolute atomic E-state index is 0.144. The number of nitrogens with zero attached hydrogens (tertiary/aromatic N) is 1. The number of carbonyl (C=O) groups excluding carboxylic acids is 1. The second-order valence-corrected chi connectivity index (χ2v) is 7.19. The molecule has 3 atom stereocenters. The van der Waals surface area contributed by atoms with E-state index in [0.29, 0.717) is 19.2 Å². The number of rotatable bonds is 7. The van der Waals surface area contributed by atoms with Crippen molar-refractivity contribution < 1.29 is 9.53 Å². The molecule has 1 saturated carbocycles. The van der Waals surface area contributed by atoms with Gasteiger partial charge in [0.1, 0.15) is 5.54 Å². The summed E-state index contributed by atoms with van der Waals surface area (Å²) in [5.41, 5.74) is -0.639. The normalized spacial score (nSPS) is 25.9. The van der Waals surface area contributed by atoms with Crippen LogP contribution >= 0.6 is 0 Å². The van der Waals surface area contributed by atoms with Gasteiger partial charge in [-0.25, -0.2) is 0 Å². The number of hydrogen-bond donors (Lipinski definition) is 1. The standard InChI is InChI=1S/C17H34N2O2/c1-7-21-16(20)17(5,18-13(2)3)12-19(6)15-10-8-9-14(4)11-15/h13-15,18H,7-12H2,1-6H3. The van der Waals surface area contributed by atoms with Crippen LogP contribution in [-0.2, 0) is 9.53 Å². The van der Waals surface area contributed by atoms with Crippen LogP contribution in [0.2, 0.25) is 0 Å². The Labute approximate surface area is 130 Å². The second-order valence-electron chi connectivity index (χ2n) is 7.19. The minimum atomic E-state index is -0.639. The molecule has 0 aromatic heterocycles. The summed E-state index contributed by atoms with van der Waals surface area (Å²) in [6, 6.07) is 0.828. The Bertz CT molecular complexity index is 333. The van der Waals surface area contributed by atoms with Gasteiger partial charge in [0.2, 0.25) is 0 Å². The SMILES string of the molecule is CCOC(=O)C(C)(CN(C)C1CCCC(C)C1)NC(C)C. The number of hydrogen-bond acceptors (Lipinski definition) is 4. The molecule has 0 spiro atoms. The van der Waals surface area contributed by atoms with E-state index in [2.05, 4.69) is 38.0 Å². The topological polar surface area (TPSA) is 41.6 Å². The van der Waals surface area contributed by atoms with Gasteiger partial charge in [-0.2, -0.15) is 0 Å². The van der Waals surface area contributed by atoms with Gasteiger partial charge in [-0.1, -0.05) is 19.8 Å². The van der Waals surface area contributed by atoms with Crippen molar-refractivity contribution in [2.45, 2.75) is 77.9 Å². The molecule has 0 amide bonds. The maximum absolute atomic E-state index is 12.4. The van der Waals surface area contributed by atoms with Crippen molar-refractivity contribution in [3.05, 3.63) is 0 Å². The molecule has 3 unspecified atom stereocenters. The molecule has 1 aliphatic carbocycles. The van der Waals surface area contributed by atoms with Gasteiger partial charge in [0.05, 0.1) is 6.61 Å². The summed E-state index contributed by atoms with van der Waals surface area (Å²) in [6.45, 7) is 11.4. The van der Waals surface area contributed by atoms with Crippen LogP contribution in [0.25, 0.3) is 0 Å². The Morgan fingerprint density at radius 1 is 1.43 bits per heavy atom. The molecule has 1 rings (SSSR count). The van der Waals surface area contributed by atoms with Gasteiger partial charge < -0.3 is 9.64 Å². The van der Waals surface area contributed by atoms with E-state index in [-0.39, 0.29) is 12.0 Å². The first-order chi connectivity index (χ1) is 9.78. The van der Waals surface area contributed by atoms with Crippen LogP contribution in [0.4, 0.5) is 0 Å². The van der Waals surface area contributed by atoms with Gasteiger partial charge in [0.15, 0.2) is 0 Å². The first-order valence-corrected chi connectivity index (χ1v) is 8.43. The molecule has 0 radical (unpaired) electrons. The van der Waals surface area contributed by atoms with Gasteiger partial charge in [0, 0.05) is 18.6 Å². The van der Waals surface area contributed by atoms with Crippen molar-refractivity contribution in [3.63, 3.8) is 0 Å². The molecule has 0 aromatic rings. The van der Waals surface area contributed by atoms with E-state index in [9.17, 15) is 4.79 Å². The predicted octanol–water partition coefficient (Wildman–Crippen LogP) is 2.82. The Morgan fingerprint density at radius 2 is 2.10 bits per heavy atom. The van der Waals surface area contributed by atoms with E-state index < -0.39 is 5.54 Å². The van der Waals surface area contributed by atoms with E-state index in [1.807, 2.05) is 13.8 Å². The molecule has 4 heteroatoms. The van der Waals surface area contributed by atoms with Gasteiger partial charge >= 0.3 is 5.97 Å². The lowest BCUT2D eigenvalue weighted by Crippen LogP contribution is -2.60. The van der Waals surface area contributed by atoms with Gasteiger partial charge in [-0.15, -0.1) is 0 Å². The number of nitrogens with one attached hydrogen (secondary N) is 1. The first-order valence-electron chi connectivity index (χ1n) is 8.43. The largest absolute Gasteiger partial charge is 0.465 e. The van der Waals surface area contributed by atoms with Crippen molar-refractivity contribution in [2.75, 3.05) is 20.2 Å². The van der Waals surface area contributed by atoms with Gasteiger partial charge in [0.25, 0.3) is 0 Å². The highest BCUT2D eigenvalue weighted by Gasteiger charge is 2.38. The zero-order chi connectivity index (χ0) is 16.0. The molecule has 21 heavy (non-hydrogen) atoms. The molecule has 0 aliphatic heterocycles. The average Bonchev–Trinajstić information content (AvgIpc) is 2.37. The Morgan fingerprint density at radius 3 is 2.62 bits per heavy atom. The summed E-state index contributed by atoms with van der Waals surface area (Å²) in [4.78, 5) is 14.7. The van der Waals surface area contributed by atoms with E-state index in [4.69, 9.17) is 4.74 Å². The third kappa shape index (κ3) is 5.59. The van der Waals surface area contributed by atoms with Crippen LogP contribution < -0.4 is 5.32 Å². The average molecular weight is 298 g/mol. The third-order valence-corrected chi connectivity index (χ3v) is 4.43. The predicted molar refractivity (Wildman–Crippen MR) is 87.4 cm³/mol. The molecule has 124 valence electrons. The smallest absolute Gasteiger partial charge is 0.327 e. The lowest BCUT2D eigenvalue weighted by molar-refractivity contribution is -0.152. The van der Waals surface area contributed by atoms with Crippen LogP contribution in [0.15, 0.2) is 0 Å². The maximum atomic E-state index is 12.4. The molecule has 1 fully saturated rings. The highest BCUT2D eigenvalue weighted by molar-refractivity contribution is 5.80. The summed E-state index contributed by atoms with van der Waals surface area (Å²) in [5, 5.41) is 3.41. The molecule has 1 N–H and O–H groups in total. The van der Waals surface area contributed by atoms with E-state index in [1.165, 1.54) is 25.7 Å². The van der Waals surface area contributed by atoms with Gasteiger partial charge in [-0.05, 0) is 53.5 Å². The van der Waals surface area contributed by atoms with Crippen molar-refractivity contribution in [1.82, 2.24) is 10.2 Å². The Hall–Kier alpha value is -0.610. The molecule has 0 saturated heterocycles. The van der Waals surface area contributed by atoms with Crippen LogP contribution in [0.5, 0.6) is 0 Å². The van der Waals surface area contributed by atoms with Crippen molar-refractivity contribution >= 4 is 5.97 Å². The van der Waals surface area contributed by atoms with Crippen LogP contribution in [-0.4, -0.2) is 48.7 Å². The van der Waals surface area contributed by atoms with Crippen molar-refractivity contribution in [1.29, 1.82) is 0 Å². The summed E-state index contributed by atoms with van der Waals surface area (Å²) >= 11 is 0. The third-order valence-electron chi connectivity index (χ3n) is 4.43. The lowest BCUT2D eigenvalue weighted by Gasteiger charge is -2.40. The highest BCUT2D eigenvalue weighted by Crippen LogP contribution is 2.27. The van der Waals surface area contributed by atoms with Crippen molar-refractivity contribution in [2.24, 2.45) is 5.92 Å². The fraction of sp³-hybridized carbons (Fsp3) is 0.941.